The molecule has 0 bridgehead atoms. The SMILES string of the molecule is CCOc1ccccc1NC(=O)/C(C#N)=C/c1c(C)nn(Cc2ccccc2Cl)c1Cl. The van der Waals surface area contributed by atoms with Gasteiger partial charge in [-0.3, -0.25) is 4.79 Å². The average molecular weight is 455 g/mol. The first-order valence-corrected chi connectivity index (χ1v) is 10.3. The molecule has 158 valence electrons. The summed E-state index contributed by atoms with van der Waals surface area (Å²) in [6, 6.07) is 16.4. The van der Waals surface area contributed by atoms with Crippen molar-refractivity contribution in [1.82, 2.24) is 9.78 Å². The predicted octanol–water partition coefficient (Wildman–Crippen LogP) is 5.49. The molecule has 2 aromatic carbocycles. The molecule has 0 radical (unpaired) electrons. The van der Waals surface area contributed by atoms with Crippen LogP contribution in [0.25, 0.3) is 6.08 Å². The van der Waals surface area contributed by atoms with Crippen LogP contribution in [0.1, 0.15) is 23.7 Å². The summed E-state index contributed by atoms with van der Waals surface area (Å²) >= 11 is 12.7. The maximum Gasteiger partial charge on any atom is 0.266 e. The van der Waals surface area contributed by atoms with Crippen molar-refractivity contribution >= 4 is 40.9 Å². The smallest absolute Gasteiger partial charge is 0.266 e. The van der Waals surface area contributed by atoms with Gasteiger partial charge in [-0.25, -0.2) is 4.68 Å². The maximum atomic E-state index is 12.7. The number of nitrogens with zero attached hydrogens (tertiary/aromatic N) is 3. The third kappa shape index (κ3) is 5.26. The highest BCUT2D eigenvalue weighted by atomic mass is 35.5. The van der Waals surface area contributed by atoms with Crippen molar-refractivity contribution in [3.63, 3.8) is 0 Å². The fourth-order valence-corrected chi connectivity index (χ4v) is 3.44. The Kier molecular flexibility index (Phi) is 7.35. The van der Waals surface area contributed by atoms with Gasteiger partial charge in [0.15, 0.2) is 0 Å². The largest absolute Gasteiger partial charge is 0.492 e. The number of rotatable bonds is 7. The van der Waals surface area contributed by atoms with Crippen molar-refractivity contribution in [3.05, 3.63) is 81.1 Å². The van der Waals surface area contributed by atoms with E-state index < -0.39 is 5.91 Å². The van der Waals surface area contributed by atoms with Crippen LogP contribution in [0.4, 0.5) is 5.69 Å². The van der Waals surface area contributed by atoms with Crippen LogP contribution < -0.4 is 10.1 Å². The number of aryl methyl sites for hydroxylation is 1. The van der Waals surface area contributed by atoms with E-state index in [9.17, 15) is 10.1 Å². The number of amides is 1. The van der Waals surface area contributed by atoms with Gasteiger partial charge in [-0.05, 0) is 43.7 Å². The fourth-order valence-electron chi connectivity index (χ4n) is 2.96. The molecule has 6 nitrogen and oxygen atoms in total. The number of carbonyl (C=O) groups is 1. The second kappa shape index (κ2) is 10.2. The lowest BCUT2D eigenvalue weighted by atomic mass is 10.1. The van der Waals surface area contributed by atoms with E-state index in [0.717, 1.165) is 5.56 Å². The lowest BCUT2D eigenvalue weighted by Crippen LogP contribution is -2.14. The minimum absolute atomic E-state index is 0.103. The molecule has 1 heterocycles. The van der Waals surface area contributed by atoms with Crippen LogP contribution >= 0.6 is 23.2 Å². The Bertz CT molecular complexity index is 1180. The van der Waals surface area contributed by atoms with Gasteiger partial charge < -0.3 is 10.1 Å². The molecule has 0 aliphatic rings. The molecule has 0 saturated heterocycles. The average Bonchev–Trinajstić information content (AvgIpc) is 3.02. The van der Waals surface area contributed by atoms with E-state index in [2.05, 4.69) is 10.4 Å². The third-order valence-corrected chi connectivity index (χ3v) is 5.24. The number of nitriles is 1. The highest BCUT2D eigenvalue weighted by molar-refractivity contribution is 6.32. The van der Waals surface area contributed by atoms with Crippen LogP contribution in [0.5, 0.6) is 5.75 Å². The number of carbonyl (C=O) groups excluding carboxylic acids is 1. The van der Waals surface area contributed by atoms with Gasteiger partial charge in [0, 0.05) is 10.6 Å². The molecule has 1 amide bonds. The zero-order valence-electron chi connectivity index (χ0n) is 17.0. The molecule has 31 heavy (non-hydrogen) atoms. The van der Waals surface area contributed by atoms with Crippen LogP contribution in [0.15, 0.2) is 54.1 Å². The number of aromatic nitrogens is 2. The molecule has 0 aliphatic heterocycles. The Morgan fingerprint density at radius 3 is 2.65 bits per heavy atom. The lowest BCUT2D eigenvalue weighted by molar-refractivity contribution is -0.112. The van der Waals surface area contributed by atoms with Crippen LogP contribution in [0.3, 0.4) is 0 Å². The minimum Gasteiger partial charge on any atom is -0.492 e. The van der Waals surface area contributed by atoms with Crippen LogP contribution in [0.2, 0.25) is 10.2 Å². The van der Waals surface area contributed by atoms with E-state index >= 15 is 0 Å². The first-order chi connectivity index (χ1) is 14.9. The Morgan fingerprint density at radius 2 is 1.94 bits per heavy atom. The number of nitrogens with one attached hydrogen (secondary N) is 1. The molecule has 0 spiro atoms. The van der Waals surface area contributed by atoms with Gasteiger partial charge in [-0.2, -0.15) is 10.4 Å². The Labute approximate surface area is 190 Å². The van der Waals surface area contributed by atoms with E-state index in [0.29, 0.717) is 46.0 Å². The number of halogens is 2. The third-order valence-electron chi connectivity index (χ3n) is 4.48. The molecule has 0 aliphatic carbocycles. The first-order valence-electron chi connectivity index (χ1n) is 9.55. The van der Waals surface area contributed by atoms with E-state index in [1.165, 1.54) is 6.08 Å². The fraction of sp³-hybridized carbons (Fsp3) is 0.174. The molecule has 8 heteroatoms. The van der Waals surface area contributed by atoms with E-state index in [1.807, 2.05) is 31.2 Å². The van der Waals surface area contributed by atoms with Crippen molar-refractivity contribution in [2.24, 2.45) is 0 Å². The zero-order chi connectivity index (χ0) is 22.4. The molecule has 1 aromatic heterocycles. The van der Waals surface area contributed by atoms with Gasteiger partial charge in [0.1, 0.15) is 22.5 Å². The second-order valence-electron chi connectivity index (χ2n) is 6.59. The van der Waals surface area contributed by atoms with Gasteiger partial charge in [-0.15, -0.1) is 0 Å². The summed E-state index contributed by atoms with van der Waals surface area (Å²) in [6.45, 7) is 4.43. The van der Waals surface area contributed by atoms with Gasteiger partial charge in [0.05, 0.1) is 24.5 Å². The molecule has 0 atom stereocenters. The number of anilines is 1. The van der Waals surface area contributed by atoms with Gasteiger partial charge in [0.2, 0.25) is 0 Å². The number of hydrogen-bond acceptors (Lipinski definition) is 4. The summed E-state index contributed by atoms with van der Waals surface area (Å²) in [4.78, 5) is 12.7. The van der Waals surface area contributed by atoms with Crippen molar-refractivity contribution in [3.8, 4) is 11.8 Å². The summed E-state index contributed by atoms with van der Waals surface area (Å²) in [5.74, 6) is -0.0404. The van der Waals surface area contributed by atoms with Crippen molar-refractivity contribution in [1.29, 1.82) is 5.26 Å². The van der Waals surface area contributed by atoms with Gasteiger partial charge >= 0.3 is 0 Å². The number of ether oxygens (including phenoxy) is 1. The normalized spacial score (nSPS) is 11.1. The van der Waals surface area contributed by atoms with E-state index in [-0.39, 0.29) is 5.57 Å². The Morgan fingerprint density at radius 1 is 1.23 bits per heavy atom. The molecule has 3 rings (SSSR count). The van der Waals surface area contributed by atoms with E-state index in [1.54, 1.807) is 41.9 Å². The summed E-state index contributed by atoms with van der Waals surface area (Å²) < 4.78 is 7.10. The highest BCUT2D eigenvalue weighted by Gasteiger charge is 2.17. The topological polar surface area (TPSA) is 79.9 Å². The maximum absolute atomic E-state index is 12.7. The second-order valence-corrected chi connectivity index (χ2v) is 7.36. The molecule has 3 aromatic rings. The summed E-state index contributed by atoms with van der Waals surface area (Å²) in [5, 5.41) is 17.6. The number of hydrogen-bond donors (Lipinski definition) is 1. The van der Waals surface area contributed by atoms with Gasteiger partial charge in [0.25, 0.3) is 5.91 Å². The molecule has 1 N–H and O–H groups in total. The Balaban J connectivity index is 1.87. The predicted molar refractivity (Wildman–Crippen MR) is 122 cm³/mol. The summed E-state index contributed by atoms with van der Waals surface area (Å²) in [5.41, 5.74) is 2.32. The molecule has 0 saturated carbocycles. The quantitative estimate of drug-likeness (QED) is 0.377. The molecular formula is C23H20Cl2N4O2. The van der Waals surface area contributed by atoms with Gasteiger partial charge in [-0.1, -0.05) is 53.5 Å². The minimum atomic E-state index is -0.566. The molecule has 0 fully saturated rings. The molecule has 0 unspecified atom stereocenters. The zero-order valence-corrected chi connectivity index (χ0v) is 18.5. The summed E-state index contributed by atoms with van der Waals surface area (Å²) in [6.07, 6.45) is 1.44. The summed E-state index contributed by atoms with van der Waals surface area (Å²) in [7, 11) is 0. The monoisotopic (exact) mass is 454 g/mol. The van der Waals surface area contributed by atoms with Crippen LogP contribution in [-0.2, 0) is 11.3 Å². The van der Waals surface area contributed by atoms with Crippen LogP contribution in [-0.4, -0.2) is 22.3 Å². The molecular weight excluding hydrogens is 435 g/mol. The van der Waals surface area contributed by atoms with E-state index in [4.69, 9.17) is 27.9 Å². The van der Waals surface area contributed by atoms with Crippen molar-refractivity contribution < 1.29 is 9.53 Å². The highest BCUT2D eigenvalue weighted by Crippen LogP contribution is 2.27. The first kappa shape index (κ1) is 22.4. The number of benzene rings is 2. The van der Waals surface area contributed by atoms with Crippen molar-refractivity contribution in [2.75, 3.05) is 11.9 Å². The number of para-hydroxylation sites is 2. The van der Waals surface area contributed by atoms with Crippen LogP contribution in [0, 0.1) is 18.3 Å². The standard InChI is InChI=1S/C23H20Cl2N4O2/c1-3-31-21-11-7-6-10-20(21)27-23(30)17(13-26)12-18-15(2)28-29(22(18)25)14-16-8-4-5-9-19(16)24/h4-12H,3,14H2,1-2H3,(H,27,30)/b17-12+. The lowest BCUT2D eigenvalue weighted by Gasteiger charge is -2.10. The van der Waals surface area contributed by atoms with Crippen molar-refractivity contribution in [2.45, 2.75) is 20.4 Å². The Hall–Kier alpha value is -3.27.